The normalized spacial score (nSPS) is 17.2. The number of hydrogen-bond acceptors (Lipinski definition) is 3. The van der Waals surface area contributed by atoms with Gasteiger partial charge in [-0.3, -0.25) is 0 Å². The van der Waals surface area contributed by atoms with Crippen molar-refractivity contribution >= 4 is 0 Å². The third-order valence-corrected chi connectivity index (χ3v) is 2.79. The van der Waals surface area contributed by atoms with E-state index < -0.39 is 23.0 Å². The third kappa shape index (κ3) is 1.82. The fraction of sp³-hybridized carbons (Fsp3) is 0.455. The molecule has 1 aromatic rings. The minimum Gasteiger partial charge on any atom is -0.505 e. The monoisotopic (exact) mass is 230 g/mol. The Kier molecular flexibility index (Phi) is 2.50. The quantitative estimate of drug-likeness (QED) is 0.831. The van der Waals surface area contributed by atoms with Crippen LogP contribution >= 0.6 is 0 Å². The highest BCUT2D eigenvalue weighted by Gasteiger charge is 2.42. The van der Waals surface area contributed by atoms with Crippen LogP contribution in [0, 0.1) is 11.6 Å². The topological polar surface area (TPSA) is 49.7 Å². The number of aliphatic hydroxyl groups is 1. The van der Waals surface area contributed by atoms with Crippen molar-refractivity contribution in [2.45, 2.75) is 24.9 Å². The van der Waals surface area contributed by atoms with Crippen molar-refractivity contribution in [2.24, 2.45) is 0 Å². The summed E-state index contributed by atoms with van der Waals surface area (Å²) in [5, 5.41) is 18.9. The van der Waals surface area contributed by atoms with E-state index in [2.05, 4.69) is 4.74 Å². The molecule has 0 aromatic heterocycles. The zero-order chi connectivity index (χ0) is 11.9. The van der Waals surface area contributed by atoms with E-state index in [4.69, 9.17) is 0 Å². The van der Waals surface area contributed by atoms with Crippen molar-refractivity contribution in [3.63, 3.8) is 0 Å². The summed E-state index contributed by atoms with van der Waals surface area (Å²) in [5.74, 6) is -2.78. The van der Waals surface area contributed by atoms with E-state index in [1.807, 2.05) is 0 Å². The molecule has 1 fully saturated rings. The molecule has 0 unspecified atom stereocenters. The Balaban J connectivity index is 2.44. The van der Waals surface area contributed by atoms with Crippen LogP contribution in [0.3, 0.4) is 0 Å². The number of rotatable bonds is 3. The average Bonchev–Trinajstić information content (AvgIpc) is 2.97. The number of methoxy groups -OCH3 is 1. The first-order valence-corrected chi connectivity index (χ1v) is 4.93. The van der Waals surface area contributed by atoms with Crippen molar-refractivity contribution in [3.8, 4) is 11.5 Å². The molecule has 0 amide bonds. The van der Waals surface area contributed by atoms with Crippen LogP contribution in [0.1, 0.15) is 18.4 Å². The molecule has 0 radical (unpaired) electrons. The Hall–Kier alpha value is -1.36. The highest BCUT2D eigenvalue weighted by Crippen LogP contribution is 2.41. The van der Waals surface area contributed by atoms with Crippen LogP contribution in [0.2, 0.25) is 0 Å². The number of aromatic hydroxyl groups is 1. The number of benzene rings is 1. The van der Waals surface area contributed by atoms with Gasteiger partial charge in [-0.15, -0.1) is 0 Å². The van der Waals surface area contributed by atoms with E-state index in [1.54, 1.807) is 0 Å². The summed E-state index contributed by atoms with van der Waals surface area (Å²) in [5.41, 5.74) is -1.35. The second-order valence-corrected chi connectivity index (χ2v) is 4.11. The van der Waals surface area contributed by atoms with Gasteiger partial charge in [-0.25, -0.2) is 8.78 Å². The van der Waals surface area contributed by atoms with Gasteiger partial charge in [-0.05, 0) is 12.8 Å². The van der Waals surface area contributed by atoms with E-state index in [0.717, 1.165) is 6.07 Å². The maximum atomic E-state index is 13.7. The second-order valence-electron chi connectivity index (χ2n) is 4.11. The van der Waals surface area contributed by atoms with Crippen LogP contribution in [0.4, 0.5) is 8.78 Å². The molecule has 0 bridgehead atoms. The minimum absolute atomic E-state index is 0.143. The molecule has 2 N–H and O–H groups in total. The lowest BCUT2D eigenvalue weighted by Gasteiger charge is -2.13. The average molecular weight is 230 g/mol. The van der Waals surface area contributed by atoms with E-state index in [0.29, 0.717) is 12.8 Å². The standard InChI is InChI=1S/C11H12F2O3/c1-16-8-4-7(14)9(12)6(10(8)13)5-11(15)2-3-11/h4,14-15H,2-3,5H2,1H3. The van der Waals surface area contributed by atoms with Gasteiger partial charge in [0.2, 0.25) is 0 Å². The molecule has 0 aliphatic heterocycles. The van der Waals surface area contributed by atoms with Gasteiger partial charge in [-0.1, -0.05) is 0 Å². The Morgan fingerprint density at radius 1 is 1.38 bits per heavy atom. The van der Waals surface area contributed by atoms with Crippen LogP contribution in [0.15, 0.2) is 6.07 Å². The molecule has 16 heavy (non-hydrogen) atoms. The minimum atomic E-state index is -1.03. The van der Waals surface area contributed by atoms with Crippen LogP contribution in [-0.2, 0) is 6.42 Å². The predicted molar refractivity (Wildman–Crippen MR) is 52.5 cm³/mol. The lowest BCUT2D eigenvalue weighted by Crippen LogP contribution is -2.14. The van der Waals surface area contributed by atoms with Gasteiger partial charge in [-0.2, -0.15) is 0 Å². The number of hydrogen-bond donors (Lipinski definition) is 2. The van der Waals surface area contributed by atoms with Gasteiger partial charge in [0.25, 0.3) is 0 Å². The number of phenols is 1. The van der Waals surface area contributed by atoms with E-state index in [9.17, 15) is 19.0 Å². The molecule has 5 heteroatoms. The molecule has 2 rings (SSSR count). The molecule has 0 spiro atoms. The fourth-order valence-electron chi connectivity index (χ4n) is 1.60. The lowest BCUT2D eigenvalue weighted by atomic mass is 10.0. The fourth-order valence-corrected chi connectivity index (χ4v) is 1.60. The SMILES string of the molecule is COc1cc(O)c(F)c(CC2(O)CC2)c1F. The largest absolute Gasteiger partial charge is 0.505 e. The molecule has 0 heterocycles. The first-order chi connectivity index (χ1) is 7.47. The van der Waals surface area contributed by atoms with Gasteiger partial charge in [0.1, 0.15) is 0 Å². The second kappa shape index (κ2) is 3.59. The van der Waals surface area contributed by atoms with Crippen molar-refractivity contribution in [1.29, 1.82) is 0 Å². The molecular weight excluding hydrogens is 218 g/mol. The maximum Gasteiger partial charge on any atom is 0.171 e. The van der Waals surface area contributed by atoms with Crippen molar-refractivity contribution in [2.75, 3.05) is 7.11 Å². The summed E-state index contributed by atoms with van der Waals surface area (Å²) in [4.78, 5) is 0. The summed E-state index contributed by atoms with van der Waals surface area (Å²) in [7, 11) is 1.23. The van der Waals surface area contributed by atoms with Crippen molar-refractivity contribution in [3.05, 3.63) is 23.3 Å². The van der Waals surface area contributed by atoms with Gasteiger partial charge >= 0.3 is 0 Å². The summed E-state index contributed by atoms with van der Waals surface area (Å²) in [6.07, 6.45) is 0.892. The number of ether oxygens (including phenoxy) is 1. The summed E-state index contributed by atoms with van der Waals surface area (Å²) >= 11 is 0. The third-order valence-electron chi connectivity index (χ3n) is 2.79. The van der Waals surface area contributed by atoms with E-state index >= 15 is 0 Å². The summed E-state index contributed by atoms with van der Waals surface area (Å²) in [6, 6.07) is 0.880. The van der Waals surface area contributed by atoms with Crippen LogP contribution in [-0.4, -0.2) is 22.9 Å². The molecule has 3 nitrogen and oxygen atoms in total. The highest BCUT2D eigenvalue weighted by molar-refractivity contribution is 5.42. The Labute approximate surface area is 91.3 Å². The number of halogens is 2. The van der Waals surface area contributed by atoms with Gasteiger partial charge < -0.3 is 14.9 Å². The molecule has 1 aromatic carbocycles. The van der Waals surface area contributed by atoms with Gasteiger partial charge in [0, 0.05) is 18.1 Å². The smallest absolute Gasteiger partial charge is 0.171 e. The van der Waals surface area contributed by atoms with Crippen LogP contribution in [0.5, 0.6) is 11.5 Å². The molecular formula is C11H12F2O3. The molecule has 1 saturated carbocycles. The summed E-state index contributed by atoms with van der Waals surface area (Å²) in [6.45, 7) is 0. The molecule has 88 valence electrons. The van der Waals surface area contributed by atoms with Crippen LogP contribution < -0.4 is 4.74 Å². The van der Waals surface area contributed by atoms with Crippen molar-refractivity contribution in [1.82, 2.24) is 0 Å². The predicted octanol–water partition coefficient (Wildman–Crippen LogP) is 1.75. The molecule has 1 aliphatic rings. The molecule has 0 saturated heterocycles. The Morgan fingerprint density at radius 3 is 2.50 bits per heavy atom. The van der Waals surface area contributed by atoms with E-state index in [1.165, 1.54) is 7.11 Å². The highest BCUT2D eigenvalue weighted by atomic mass is 19.1. The van der Waals surface area contributed by atoms with E-state index in [-0.39, 0.29) is 17.7 Å². The van der Waals surface area contributed by atoms with Gasteiger partial charge in [0.05, 0.1) is 12.7 Å². The van der Waals surface area contributed by atoms with Crippen LogP contribution in [0.25, 0.3) is 0 Å². The zero-order valence-electron chi connectivity index (χ0n) is 8.76. The lowest BCUT2D eigenvalue weighted by molar-refractivity contribution is 0.148. The zero-order valence-corrected chi connectivity index (χ0v) is 8.76. The Bertz CT molecular complexity index is 428. The Morgan fingerprint density at radius 2 is 2.00 bits per heavy atom. The molecule has 0 atom stereocenters. The summed E-state index contributed by atoms with van der Waals surface area (Å²) < 4.78 is 31.8. The maximum absolute atomic E-state index is 13.7. The first kappa shape index (κ1) is 11.1. The number of phenolic OH excluding ortho intramolecular Hbond substituents is 1. The van der Waals surface area contributed by atoms with Crippen molar-refractivity contribution < 1.29 is 23.7 Å². The first-order valence-electron chi connectivity index (χ1n) is 4.93. The molecule has 1 aliphatic carbocycles. The van der Waals surface area contributed by atoms with Gasteiger partial charge in [0.15, 0.2) is 23.1 Å².